The lowest BCUT2D eigenvalue weighted by molar-refractivity contribution is -0.120. The largest absolute Gasteiger partial charge is 0.328 e. The van der Waals surface area contributed by atoms with Gasteiger partial charge in [-0.2, -0.15) is 0 Å². The third-order valence-electron chi connectivity index (χ3n) is 5.68. The number of nitrogens with zero attached hydrogens (tertiary/aromatic N) is 2. The Balaban J connectivity index is 0.00000160. The van der Waals surface area contributed by atoms with E-state index in [9.17, 15) is 9.18 Å². The van der Waals surface area contributed by atoms with Crippen LogP contribution >= 0.6 is 24.8 Å². The Morgan fingerprint density at radius 1 is 1.20 bits per heavy atom. The van der Waals surface area contributed by atoms with Gasteiger partial charge in [0, 0.05) is 36.3 Å². The van der Waals surface area contributed by atoms with Crippen molar-refractivity contribution in [1.82, 2.24) is 9.55 Å². The number of hydrogen-bond donors (Lipinski definition) is 2. The number of benzene rings is 2. The maximum atomic E-state index is 13.5. The molecule has 2 aromatic carbocycles. The molecule has 162 valence electrons. The molecule has 8 heteroatoms. The molecule has 1 aromatic heterocycles. The molecule has 4 rings (SSSR count). The number of nitrogens with one attached hydrogen (secondary N) is 1. The highest BCUT2D eigenvalue weighted by atomic mass is 35.5. The summed E-state index contributed by atoms with van der Waals surface area (Å²) in [7, 11) is 1.91. The van der Waals surface area contributed by atoms with Crippen LogP contribution in [-0.2, 0) is 11.8 Å². The number of halogens is 3. The fourth-order valence-corrected chi connectivity index (χ4v) is 4.03. The Labute approximate surface area is 188 Å². The molecule has 5 nitrogen and oxygen atoms in total. The summed E-state index contributed by atoms with van der Waals surface area (Å²) in [6.45, 7) is 1.97. The predicted molar refractivity (Wildman–Crippen MR) is 124 cm³/mol. The first kappa shape index (κ1) is 24.1. The molecule has 0 saturated heterocycles. The van der Waals surface area contributed by atoms with Crippen LogP contribution in [0.2, 0.25) is 0 Å². The van der Waals surface area contributed by atoms with Crippen molar-refractivity contribution in [3.8, 4) is 11.4 Å². The Hall–Kier alpha value is -2.15. The van der Waals surface area contributed by atoms with E-state index in [0.717, 1.165) is 53.8 Å². The van der Waals surface area contributed by atoms with Crippen molar-refractivity contribution in [2.75, 3.05) is 5.32 Å². The molecule has 1 aliphatic carbocycles. The number of imidazole rings is 1. The van der Waals surface area contributed by atoms with E-state index in [-0.39, 0.29) is 48.5 Å². The smallest absolute Gasteiger partial charge is 0.227 e. The second kappa shape index (κ2) is 9.77. The van der Waals surface area contributed by atoms with Crippen LogP contribution in [0.1, 0.15) is 31.2 Å². The third-order valence-corrected chi connectivity index (χ3v) is 5.68. The van der Waals surface area contributed by atoms with Crippen molar-refractivity contribution >= 4 is 47.4 Å². The van der Waals surface area contributed by atoms with Gasteiger partial charge in [0.05, 0.1) is 11.0 Å². The molecule has 0 aliphatic heterocycles. The lowest BCUT2D eigenvalue weighted by Gasteiger charge is -2.26. The van der Waals surface area contributed by atoms with Crippen LogP contribution in [0.3, 0.4) is 0 Å². The van der Waals surface area contributed by atoms with Gasteiger partial charge in [0.15, 0.2) is 0 Å². The number of anilines is 1. The molecule has 0 spiro atoms. The van der Waals surface area contributed by atoms with Gasteiger partial charge >= 0.3 is 0 Å². The fraction of sp³-hybridized carbons (Fsp3) is 0.364. The minimum atomic E-state index is -0.306. The molecule has 3 N–H and O–H groups in total. The summed E-state index contributed by atoms with van der Waals surface area (Å²) in [5, 5.41) is 3.08. The Morgan fingerprint density at radius 2 is 1.97 bits per heavy atom. The number of nitrogens with two attached hydrogens (primary N) is 1. The quantitative estimate of drug-likeness (QED) is 0.587. The first-order chi connectivity index (χ1) is 13.4. The van der Waals surface area contributed by atoms with Gasteiger partial charge in [-0.3, -0.25) is 4.79 Å². The van der Waals surface area contributed by atoms with Crippen LogP contribution in [0.25, 0.3) is 22.4 Å². The van der Waals surface area contributed by atoms with Gasteiger partial charge in [0.2, 0.25) is 5.91 Å². The number of rotatable bonds is 3. The molecule has 2 unspecified atom stereocenters. The number of amides is 1. The monoisotopic (exact) mass is 452 g/mol. The van der Waals surface area contributed by atoms with Crippen LogP contribution < -0.4 is 11.1 Å². The van der Waals surface area contributed by atoms with Crippen molar-refractivity contribution < 1.29 is 9.18 Å². The Bertz CT molecular complexity index is 1050. The van der Waals surface area contributed by atoms with E-state index in [1.54, 1.807) is 6.07 Å². The lowest BCUT2D eigenvalue weighted by atomic mass is 9.85. The molecule has 0 radical (unpaired) electrons. The zero-order valence-electron chi connectivity index (χ0n) is 17.0. The molecule has 1 fully saturated rings. The third kappa shape index (κ3) is 4.77. The number of hydrogen-bond acceptors (Lipinski definition) is 3. The SMILES string of the molecule is Cc1ccc(-c2nc3cc(F)ccc3n2C)cc1NC(=O)C1CCCC(N)C1.Cl.Cl. The first-order valence-electron chi connectivity index (χ1n) is 9.72. The number of carbonyl (C=O) groups is 1. The van der Waals surface area contributed by atoms with Gasteiger partial charge in [-0.1, -0.05) is 18.6 Å². The highest BCUT2D eigenvalue weighted by Crippen LogP contribution is 2.29. The number of aromatic nitrogens is 2. The minimum absolute atomic E-state index is 0. The Kier molecular flexibility index (Phi) is 7.86. The summed E-state index contributed by atoms with van der Waals surface area (Å²) in [4.78, 5) is 17.3. The summed E-state index contributed by atoms with van der Waals surface area (Å²) < 4.78 is 15.5. The molecular weight excluding hydrogens is 426 g/mol. The molecule has 1 saturated carbocycles. The van der Waals surface area contributed by atoms with Gasteiger partial charge in [-0.05, 0) is 49.9 Å². The van der Waals surface area contributed by atoms with Crippen LogP contribution in [0, 0.1) is 18.7 Å². The molecular formula is C22H27Cl2FN4O. The van der Waals surface area contributed by atoms with E-state index >= 15 is 0 Å². The molecule has 30 heavy (non-hydrogen) atoms. The zero-order chi connectivity index (χ0) is 19.8. The average molecular weight is 453 g/mol. The van der Waals surface area contributed by atoms with Crippen molar-refractivity contribution in [3.05, 3.63) is 47.8 Å². The van der Waals surface area contributed by atoms with Gasteiger partial charge in [-0.25, -0.2) is 9.37 Å². The summed E-state index contributed by atoms with van der Waals surface area (Å²) in [5.74, 6) is 0.420. The molecule has 1 heterocycles. The highest BCUT2D eigenvalue weighted by molar-refractivity contribution is 5.94. The van der Waals surface area contributed by atoms with Crippen LogP contribution in [0.5, 0.6) is 0 Å². The van der Waals surface area contributed by atoms with Crippen LogP contribution in [-0.4, -0.2) is 21.5 Å². The fourth-order valence-electron chi connectivity index (χ4n) is 4.03. The van der Waals surface area contributed by atoms with Crippen molar-refractivity contribution in [2.24, 2.45) is 18.7 Å². The molecule has 3 aromatic rings. The predicted octanol–water partition coefficient (Wildman–Crippen LogP) is 4.99. The summed E-state index contributed by atoms with van der Waals surface area (Å²) in [5.41, 5.74) is 10.1. The average Bonchev–Trinajstić information content (AvgIpc) is 2.99. The Morgan fingerprint density at radius 3 is 2.70 bits per heavy atom. The van der Waals surface area contributed by atoms with Gasteiger partial charge < -0.3 is 15.6 Å². The number of aryl methyl sites for hydroxylation is 2. The normalized spacial score (nSPS) is 18.4. The second-order valence-corrected chi connectivity index (χ2v) is 7.77. The summed E-state index contributed by atoms with van der Waals surface area (Å²) in [6.07, 6.45) is 3.61. The van der Waals surface area contributed by atoms with Crippen molar-refractivity contribution in [3.63, 3.8) is 0 Å². The van der Waals surface area contributed by atoms with Crippen LogP contribution in [0.15, 0.2) is 36.4 Å². The summed E-state index contributed by atoms with van der Waals surface area (Å²) in [6, 6.07) is 10.6. The van der Waals surface area contributed by atoms with Crippen molar-refractivity contribution in [1.29, 1.82) is 0 Å². The standard InChI is InChI=1S/C22H25FN4O.2ClH/c1-13-6-7-14(21-25-19-12-16(23)8-9-20(19)27(21)2)11-18(13)26-22(28)15-4-3-5-17(24)10-15;;/h6-9,11-12,15,17H,3-5,10,24H2,1-2H3,(H,26,28);2*1H. The van der Waals surface area contributed by atoms with E-state index < -0.39 is 0 Å². The number of carbonyl (C=O) groups excluding carboxylic acids is 1. The van der Waals surface area contributed by atoms with Gasteiger partial charge in [0.1, 0.15) is 11.6 Å². The zero-order valence-corrected chi connectivity index (χ0v) is 18.7. The number of fused-ring (bicyclic) bond motifs is 1. The molecule has 2 atom stereocenters. The van der Waals surface area contributed by atoms with Gasteiger partial charge in [-0.15, -0.1) is 24.8 Å². The van der Waals surface area contributed by atoms with Crippen LogP contribution in [0.4, 0.5) is 10.1 Å². The maximum Gasteiger partial charge on any atom is 0.227 e. The van der Waals surface area contributed by atoms with E-state index in [1.807, 2.05) is 36.7 Å². The maximum absolute atomic E-state index is 13.5. The summed E-state index contributed by atoms with van der Waals surface area (Å²) >= 11 is 0. The topological polar surface area (TPSA) is 72.9 Å². The first-order valence-corrected chi connectivity index (χ1v) is 9.72. The lowest BCUT2D eigenvalue weighted by Crippen LogP contribution is -2.34. The van der Waals surface area contributed by atoms with E-state index in [4.69, 9.17) is 5.73 Å². The van der Waals surface area contributed by atoms with E-state index in [2.05, 4.69) is 10.3 Å². The second-order valence-electron chi connectivity index (χ2n) is 7.77. The van der Waals surface area contributed by atoms with E-state index in [1.165, 1.54) is 12.1 Å². The van der Waals surface area contributed by atoms with E-state index in [0.29, 0.717) is 5.52 Å². The molecule has 0 bridgehead atoms. The van der Waals surface area contributed by atoms with Gasteiger partial charge in [0.25, 0.3) is 0 Å². The minimum Gasteiger partial charge on any atom is -0.328 e. The highest BCUT2D eigenvalue weighted by Gasteiger charge is 2.25. The van der Waals surface area contributed by atoms with Crippen molar-refractivity contribution in [2.45, 2.75) is 38.6 Å². The molecule has 1 aliphatic rings. The molecule has 1 amide bonds.